The van der Waals surface area contributed by atoms with Gasteiger partial charge in [-0.15, -0.1) is 12.3 Å². The predicted octanol–water partition coefficient (Wildman–Crippen LogP) is 3.07. The van der Waals surface area contributed by atoms with Crippen LogP contribution in [0.5, 0.6) is 0 Å². The normalized spacial score (nSPS) is 9.05. The Morgan fingerprint density at radius 1 is 0.952 bits per heavy atom. The third kappa shape index (κ3) is 22.4. The number of hydrogen-bond donors (Lipinski definition) is 2. The van der Waals surface area contributed by atoms with Crippen LogP contribution < -0.4 is 10.6 Å². The zero-order chi connectivity index (χ0) is 16.3. The standard InChI is InChI=1S/C8H12INO.C7H14INO/c1-2-3-4-5-6-10-8(11)7-9;1-2-3-4-5-9-7(10)6-8/h1H,3-7H2,(H,10,11);2-6H2,1H3,(H,9,10). The number of halogens is 2. The van der Waals surface area contributed by atoms with Gasteiger partial charge in [-0.1, -0.05) is 64.9 Å². The summed E-state index contributed by atoms with van der Waals surface area (Å²) in [5.74, 6) is 2.81. The SMILES string of the molecule is C#CCCCCNC(=O)CI.CCCCCNC(=O)CI. The number of hydrogen-bond acceptors (Lipinski definition) is 2. The lowest BCUT2D eigenvalue weighted by atomic mass is 10.2. The molecule has 0 atom stereocenters. The number of carbonyl (C=O) groups is 2. The molecule has 0 rings (SSSR count). The van der Waals surface area contributed by atoms with Gasteiger partial charge in [0.05, 0.1) is 8.86 Å². The number of carbonyl (C=O) groups excluding carboxylic acids is 2. The first kappa shape index (κ1) is 23.2. The van der Waals surface area contributed by atoms with Crippen molar-refractivity contribution < 1.29 is 9.59 Å². The van der Waals surface area contributed by atoms with E-state index in [1.165, 1.54) is 12.8 Å². The van der Waals surface area contributed by atoms with Gasteiger partial charge in [-0.25, -0.2) is 0 Å². The van der Waals surface area contributed by atoms with E-state index in [4.69, 9.17) is 6.42 Å². The zero-order valence-corrected chi connectivity index (χ0v) is 17.0. The first-order valence-electron chi connectivity index (χ1n) is 7.21. The molecule has 0 unspecified atom stereocenters. The summed E-state index contributed by atoms with van der Waals surface area (Å²) in [6.45, 7) is 3.75. The number of terminal acetylenes is 1. The van der Waals surface area contributed by atoms with Gasteiger partial charge in [-0.3, -0.25) is 9.59 Å². The van der Waals surface area contributed by atoms with E-state index >= 15 is 0 Å². The first-order valence-corrected chi connectivity index (χ1v) is 10.3. The molecule has 0 radical (unpaired) electrons. The number of nitrogens with one attached hydrogen (secondary N) is 2. The molecule has 0 heterocycles. The molecule has 2 amide bonds. The summed E-state index contributed by atoms with van der Waals surface area (Å²) < 4.78 is 1.11. The summed E-state index contributed by atoms with van der Waals surface area (Å²) in [5.41, 5.74) is 0. The average molecular weight is 520 g/mol. The largest absolute Gasteiger partial charge is 0.355 e. The first-order chi connectivity index (χ1) is 10.1. The molecule has 0 aromatic heterocycles. The van der Waals surface area contributed by atoms with Crippen molar-refractivity contribution in [1.29, 1.82) is 0 Å². The smallest absolute Gasteiger partial charge is 0.229 e. The molecule has 0 fully saturated rings. The van der Waals surface area contributed by atoms with Crippen LogP contribution in [0.4, 0.5) is 0 Å². The monoisotopic (exact) mass is 520 g/mol. The van der Waals surface area contributed by atoms with Crippen LogP contribution in [0.25, 0.3) is 0 Å². The molecule has 0 saturated heterocycles. The Balaban J connectivity index is 0. The molecule has 0 aliphatic carbocycles. The molecular formula is C15H26I2N2O2. The van der Waals surface area contributed by atoms with Crippen LogP contribution in [0.1, 0.15) is 45.4 Å². The van der Waals surface area contributed by atoms with Gasteiger partial charge in [0.1, 0.15) is 0 Å². The Hall–Kier alpha value is -0.0400. The van der Waals surface area contributed by atoms with Gasteiger partial charge in [-0.2, -0.15) is 0 Å². The van der Waals surface area contributed by atoms with Gasteiger partial charge in [-0.05, 0) is 19.3 Å². The van der Waals surface area contributed by atoms with Crippen molar-refractivity contribution in [2.45, 2.75) is 45.4 Å². The molecule has 0 aliphatic heterocycles. The second-order valence-electron chi connectivity index (χ2n) is 4.34. The highest BCUT2D eigenvalue weighted by Gasteiger charge is 1.95. The highest BCUT2D eigenvalue weighted by atomic mass is 127. The molecule has 0 aromatic carbocycles. The van der Waals surface area contributed by atoms with Crippen LogP contribution in [0.2, 0.25) is 0 Å². The third-order valence-corrected chi connectivity index (χ3v) is 3.80. The van der Waals surface area contributed by atoms with Gasteiger partial charge in [0.15, 0.2) is 0 Å². The molecule has 6 heteroatoms. The van der Waals surface area contributed by atoms with Crippen LogP contribution in [0.15, 0.2) is 0 Å². The molecule has 4 nitrogen and oxygen atoms in total. The summed E-state index contributed by atoms with van der Waals surface area (Å²) in [5, 5.41) is 5.60. The Morgan fingerprint density at radius 3 is 1.81 bits per heavy atom. The van der Waals surface area contributed by atoms with Gasteiger partial charge in [0.25, 0.3) is 0 Å². The highest BCUT2D eigenvalue weighted by molar-refractivity contribution is 14.1. The minimum atomic E-state index is 0.103. The van der Waals surface area contributed by atoms with Crippen molar-refractivity contribution in [3.8, 4) is 12.3 Å². The Labute approximate surface area is 156 Å². The average Bonchev–Trinajstić information content (AvgIpc) is 2.51. The lowest BCUT2D eigenvalue weighted by Crippen LogP contribution is -2.24. The van der Waals surface area contributed by atoms with Gasteiger partial charge >= 0.3 is 0 Å². The number of rotatable bonds is 10. The maximum atomic E-state index is 10.7. The minimum Gasteiger partial charge on any atom is -0.355 e. The topological polar surface area (TPSA) is 58.2 Å². The van der Waals surface area contributed by atoms with Crippen molar-refractivity contribution in [2.24, 2.45) is 0 Å². The molecule has 0 saturated carbocycles. The second kappa shape index (κ2) is 20.0. The molecule has 122 valence electrons. The van der Waals surface area contributed by atoms with E-state index in [0.717, 1.165) is 38.8 Å². The maximum absolute atomic E-state index is 10.7. The van der Waals surface area contributed by atoms with Crippen molar-refractivity contribution >= 4 is 57.0 Å². The van der Waals surface area contributed by atoms with E-state index in [-0.39, 0.29) is 11.8 Å². The molecule has 2 N–H and O–H groups in total. The van der Waals surface area contributed by atoms with E-state index < -0.39 is 0 Å². The van der Waals surface area contributed by atoms with Crippen molar-refractivity contribution in [3.05, 3.63) is 0 Å². The minimum absolute atomic E-state index is 0.103. The van der Waals surface area contributed by atoms with Crippen molar-refractivity contribution in [2.75, 3.05) is 21.9 Å². The van der Waals surface area contributed by atoms with Crippen LogP contribution >= 0.6 is 45.2 Å². The summed E-state index contributed by atoms with van der Waals surface area (Å²) in [4.78, 5) is 21.3. The zero-order valence-electron chi connectivity index (χ0n) is 12.7. The summed E-state index contributed by atoms with van der Waals surface area (Å²) in [7, 11) is 0. The number of unbranched alkanes of at least 4 members (excludes halogenated alkanes) is 4. The van der Waals surface area contributed by atoms with E-state index in [1.54, 1.807) is 0 Å². The van der Waals surface area contributed by atoms with Crippen LogP contribution in [-0.4, -0.2) is 33.8 Å². The van der Waals surface area contributed by atoms with Crippen molar-refractivity contribution in [3.63, 3.8) is 0 Å². The van der Waals surface area contributed by atoms with Crippen molar-refractivity contribution in [1.82, 2.24) is 10.6 Å². The Morgan fingerprint density at radius 2 is 1.43 bits per heavy atom. The van der Waals surface area contributed by atoms with Gasteiger partial charge in [0, 0.05) is 19.5 Å². The summed E-state index contributed by atoms with van der Waals surface area (Å²) >= 11 is 4.10. The number of alkyl halides is 2. The Bertz CT molecular complexity index is 305. The van der Waals surface area contributed by atoms with Crippen LogP contribution in [-0.2, 0) is 9.59 Å². The van der Waals surface area contributed by atoms with Crippen LogP contribution in [0.3, 0.4) is 0 Å². The van der Waals surface area contributed by atoms with E-state index in [9.17, 15) is 9.59 Å². The maximum Gasteiger partial charge on any atom is 0.229 e. The molecule has 21 heavy (non-hydrogen) atoms. The molecule has 0 aliphatic rings. The summed E-state index contributed by atoms with van der Waals surface area (Å²) in [6.07, 6.45) is 11.4. The van der Waals surface area contributed by atoms with E-state index in [1.807, 2.05) is 22.6 Å². The fourth-order valence-corrected chi connectivity index (χ4v) is 1.82. The molecule has 0 spiro atoms. The predicted molar refractivity (Wildman–Crippen MR) is 106 cm³/mol. The van der Waals surface area contributed by atoms with E-state index in [0.29, 0.717) is 8.86 Å². The van der Waals surface area contributed by atoms with E-state index in [2.05, 4.69) is 46.1 Å². The fraction of sp³-hybridized carbons (Fsp3) is 0.733. The van der Waals surface area contributed by atoms with Gasteiger partial charge in [0.2, 0.25) is 11.8 Å². The highest BCUT2D eigenvalue weighted by Crippen LogP contribution is 1.92. The molecular weight excluding hydrogens is 494 g/mol. The Kier molecular flexibility index (Phi) is 22.1. The summed E-state index contributed by atoms with van der Waals surface area (Å²) in [6, 6.07) is 0. The third-order valence-electron chi connectivity index (χ3n) is 2.42. The lowest BCUT2D eigenvalue weighted by molar-refractivity contribution is -0.119. The molecule has 0 bridgehead atoms. The second-order valence-corrected chi connectivity index (χ2v) is 5.86. The fourth-order valence-electron chi connectivity index (χ4n) is 1.28. The number of amides is 2. The molecule has 0 aromatic rings. The quantitative estimate of drug-likeness (QED) is 0.202. The van der Waals surface area contributed by atoms with Gasteiger partial charge < -0.3 is 10.6 Å². The lowest BCUT2D eigenvalue weighted by Gasteiger charge is -2.00. The van der Waals surface area contributed by atoms with Crippen LogP contribution in [0, 0.1) is 12.3 Å².